The molecule has 14 heteroatoms. The van der Waals surface area contributed by atoms with Gasteiger partial charge in [0.15, 0.2) is 5.82 Å². The molecule has 1 aromatic heterocycles. The van der Waals surface area contributed by atoms with Crippen molar-refractivity contribution in [1.29, 1.82) is 0 Å². The third kappa shape index (κ3) is 8.72. The SMILES string of the molecule is CC[C@H](C)C(NC(=O)CCC(=O)O)C(=O)NCC(=O)N1C[C@H](C2CCCCC2)C[C@H]1C(=O)NCc1nn[nH]n1. The molecule has 0 aromatic carbocycles. The van der Waals surface area contributed by atoms with E-state index in [1.807, 2.05) is 6.92 Å². The van der Waals surface area contributed by atoms with Crippen LogP contribution in [0.2, 0.25) is 0 Å². The van der Waals surface area contributed by atoms with Crippen molar-refractivity contribution in [3.05, 3.63) is 5.82 Å². The summed E-state index contributed by atoms with van der Waals surface area (Å²) in [6.07, 6.45) is 6.22. The third-order valence-corrected chi connectivity index (χ3v) is 7.87. The van der Waals surface area contributed by atoms with E-state index >= 15 is 0 Å². The first-order valence-corrected chi connectivity index (χ1v) is 13.8. The average Bonchev–Trinajstić information content (AvgIpc) is 3.63. The van der Waals surface area contributed by atoms with Crippen LogP contribution in [0.4, 0.5) is 0 Å². The molecule has 4 amide bonds. The van der Waals surface area contributed by atoms with Gasteiger partial charge in [-0.3, -0.25) is 24.0 Å². The lowest BCUT2D eigenvalue weighted by Gasteiger charge is -2.28. The number of hydrogen-bond donors (Lipinski definition) is 5. The van der Waals surface area contributed by atoms with Crippen molar-refractivity contribution < 1.29 is 29.1 Å². The van der Waals surface area contributed by atoms with E-state index in [4.69, 9.17) is 5.11 Å². The van der Waals surface area contributed by atoms with Gasteiger partial charge in [-0.25, -0.2) is 0 Å². The van der Waals surface area contributed by atoms with Crippen molar-refractivity contribution in [3.8, 4) is 0 Å². The van der Waals surface area contributed by atoms with Gasteiger partial charge in [-0.1, -0.05) is 57.6 Å². The molecule has 1 saturated heterocycles. The minimum atomic E-state index is -1.10. The molecule has 1 aliphatic carbocycles. The summed E-state index contributed by atoms with van der Waals surface area (Å²) in [5, 5.41) is 30.3. The monoisotopic (exact) mass is 548 g/mol. The Hall–Kier alpha value is -3.58. The maximum Gasteiger partial charge on any atom is 0.303 e. The van der Waals surface area contributed by atoms with Crippen LogP contribution in [-0.2, 0) is 30.5 Å². The molecule has 1 unspecified atom stereocenters. The predicted molar refractivity (Wildman–Crippen MR) is 137 cm³/mol. The maximum absolute atomic E-state index is 13.3. The first-order chi connectivity index (χ1) is 18.7. The summed E-state index contributed by atoms with van der Waals surface area (Å²) in [7, 11) is 0. The smallest absolute Gasteiger partial charge is 0.303 e. The molecule has 1 aromatic rings. The summed E-state index contributed by atoms with van der Waals surface area (Å²) in [5.41, 5.74) is 0. The van der Waals surface area contributed by atoms with Crippen molar-refractivity contribution in [1.82, 2.24) is 41.5 Å². The first-order valence-electron chi connectivity index (χ1n) is 13.8. The van der Waals surface area contributed by atoms with E-state index in [1.54, 1.807) is 11.8 Å². The van der Waals surface area contributed by atoms with Crippen molar-refractivity contribution in [3.63, 3.8) is 0 Å². The molecule has 2 fully saturated rings. The number of aliphatic carboxylic acids is 1. The third-order valence-electron chi connectivity index (χ3n) is 7.87. The fourth-order valence-electron chi connectivity index (χ4n) is 5.42. The molecule has 216 valence electrons. The molecule has 14 nitrogen and oxygen atoms in total. The number of rotatable bonds is 13. The van der Waals surface area contributed by atoms with Gasteiger partial charge in [0.25, 0.3) is 0 Å². The molecule has 4 atom stereocenters. The topological polar surface area (TPSA) is 199 Å². The summed E-state index contributed by atoms with van der Waals surface area (Å²) < 4.78 is 0. The van der Waals surface area contributed by atoms with Gasteiger partial charge in [0, 0.05) is 13.0 Å². The maximum atomic E-state index is 13.3. The van der Waals surface area contributed by atoms with Crippen LogP contribution < -0.4 is 16.0 Å². The zero-order valence-corrected chi connectivity index (χ0v) is 22.6. The lowest BCUT2D eigenvalue weighted by molar-refractivity contribution is -0.140. The summed E-state index contributed by atoms with van der Waals surface area (Å²) >= 11 is 0. The number of aromatic amines is 1. The van der Waals surface area contributed by atoms with E-state index in [0.29, 0.717) is 31.1 Å². The van der Waals surface area contributed by atoms with Crippen LogP contribution in [0.5, 0.6) is 0 Å². The van der Waals surface area contributed by atoms with Crippen molar-refractivity contribution in [2.24, 2.45) is 17.8 Å². The summed E-state index contributed by atoms with van der Waals surface area (Å²) in [6, 6.07) is -1.58. The highest BCUT2D eigenvalue weighted by Crippen LogP contribution is 2.37. The fraction of sp³-hybridized carbons (Fsp3) is 0.760. The minimum Gasteiger partial charge on any atom is -0.481 e. The number of amides is 4. The molecule has 0 bridgehead atoms. The molecule has 3 rings (SSSR count). The Morgan fingerprint density at radius 3 is 2.46 bits per heavy atom. The van der Waals surface area contributed by atoms with Gasteiger partial charge in [-0.2, -0.15) is 5.21 Å². The van der Waals surface area contributed by atoms with Gasteiger partial charge >= 0.3 is 5.97 Å². The first kappa shape index (κ1) is 30.0. The summed E-state index contributed by atoms with van der Waals surface area (Å²) in [6.45, 7) is 3.87. The molecule has 0 radical (unpaired) electrons. The zero-order valence-electron chi connectivity index (χ0n) is 22.6. The number of carboxylic acids is 1. The number of likely N-dealkylation sites (tertiary alicyclic amines) is 1. The van der Waals surface area contributed by atoms with Gasteiger partial charge in [0.1, 0.15) is 12.1 Å². The van der Waals surface area contributed by atoms with Crippen LogP contribution in [0.25, 0.3) is 0 Å². The van der Waals surface area contributed by atoms with Crippen LogP contribution in [0.3, 0.4) is 0 Å². The van der Waals surface area contributed by atoms with Crippen molar-refractivity contribution in [2.45, 2.75) is 90.3 Å². The van der Waals surface area contributed by atoms with Gasteiger partial charge < -0.3 is 26.0 Å². The second-order valence-corrected chi connectivity index (χ2v) is 10.5. The largest absolute Gasteiger partial charge is 0.481 e. The van der Waals surface area contributed by atoms with Crippen molar-refractivity contribution >= 4 is 29.6 Å². The molecule has 5 N–H and O–H groups in total. The standard InChI is InChI=1S/C25H40N8O6/c1-3-15(2)23(28-20(34)9-10-22(36)37)25(39)27-13-21(35)33-14-17(16-7-5-4-6-8-16)11-18(33)24(38)26-12-19-29-31-32-30-19/h15-18,23H,3-14H2,1-2H3,(H,26,38)(H,27,39)(H,28,34)(H,36,37)(H,29,30,31,32)/t15-,17+,18-,23?/m0/s1. The van der Waals surface area contributed by atoms with E-state index < -0.39 is 29.9 Å². The summed E-state index contributed by atoms with van der Waals surface area (Å²) in [5.74, 6) is -2.10. The Bertz CT molecular complexity index is 997. The second-order valence-electron chi connectivity index (χ2n) is 10.5. The van der Waals surface area contributed by atoms with Crippen molar-refractivity contribution in [2.75, 3.05) is 13.1 Å². The molecular formula is C25H40N8O6. The number of nitrogens with one attached hydrogen (secondary N) is 4. The minimum absolute atomic E-state index is 0.0802. The molecule has 39 heavy (non-hydrogen) atoms. The normalized spacial score (nSPS) is 21.1. The number of nitrogens with zero attached hydrogens (tertiary/aromatic N) is 4. The highest BCUT2D eigenvalue weighted by molar-refractivity contribution is 5.93. The van der Waals surface area contributed by atoms with Crippen LogP contribution in [0.15, 0.2) is 0 Å². The number of carbonyl (C=O) groups is 5. The number of carbonyl (C=O) groups excluding carboxylic acids is 4. The highest BCUT2D eigenvalue weighted by Gasteiger charge is 2.42. The number of hydrogen-bond acceptors (Lipinski definition) is 8. The molecule has 0 spiro atoms. The van der Waals surface area contributed by atoms with Gasteiger partial charge in [-0.15, -0.1) is 10.2 Å². The molecule has 1 aliphatic heterocycles. The van der Waals surface area contributed by atoms with E-state index in [2.05, 4.69) is 36.6 Å². The lowest BCUT2D eigenvalue weighted by atomic mass is 9.79. The quantitative estimate of drug-likeness (QED) is 0.227. The Morgan fingerprint density at radius 2 is 1.82 bits per heavy atom. The Kier molecular flexibility index (Phi) is 11.2. The predicted octanol–water partition coefficient (Wildman–Crippen LogP) is 0.125. The van der Waals surface area contributed by atoms with Crippen LogP contribution >= 0.6 is 0 Å². The average molecular weight is 549 g/mol. The van der Waals surface area contributed by atoms with Crippen LogP contribution in [0.1, 0.15) is 77.5 Å². The number of H-pyrrole nitrogens is 1. The van der Waals surface area contributed by atoms with Gasteiger partial charge in [-0.05, 0) is 24.2 Å². The van der Waals surface area contributed by atoms with E-state index in [9.17, 15) is 24.0 Å². The van der Waals surface area contributed by atoms with Gasteiger partial charge in [0.2, 0.25) is 23.6 Å². The molecule has 1 saturated carbocycles. The number of tetrazole rings is 1. The van der Waals surface area contributed by atoms with E-state index in [0.717, 1.165) is 25.7 Å². The van der Waals surface area contributed by atoms with E-state index in [-0.39, 0.29) is 49.6 Å². The summed E-state index contributed by atoms with van der Waals surface area (Å²) in [4.78, 5) is 63.9. The van der Waals surface area contributed by atoms with Crippen LogP contribution in [-0.4, -0.2) is 85.4 Å². The molecule has 2 heterocycles. The number of aromatic nitrogens is 4. The molecular weight excluding hydrogens is 508 g/mol. The van der Waals surface area contributed by atoms with E-state index in [1.165, 1.54) is 6.42 Å². The Morgan fingerprint density at radius 1 is 1.08 bits per heavy atom. The van der Waals surface area contributed by atoms with Gasteiger partial charge in [0.05, 0.1) is 19.5 Å². The van der Waals surface area contributed by atoms with Crippen LogP contribution in [0, 0.1) is 17.8 Å². The number of carboxylic acid groups (broad SMARTS) is 1. The Labute approximate surface area is 227 Å². The fourth-order valence-corrected chi connectivity index (χ4v) is 5.42. The second kappa shape index (κ2) is 14.5. The Balaban J connectivity index is 1.63. The highest BCUT2D eigenvalue weighted by atomic mass is 16.4. The zero-order chi connectivity index (χ0) is 28.4. The lowest BCUT2D eigenvalue weighted by Crippen LogP contribution is -2.53. The molecule has 2 aliphatic rings.